The zero-order valence-corrected chi connectivity index (χ0v) is 15.5. The number of benzene rings is 1. The van der Waals surface area contributed by atoms with Crippen LogP contribution < -0.4 is 0 Å². The van der Waals surface area contributed by atoms with E-state index in [1.807, 2.05) is 0 Å². The number of halogens is 2. The summed E-state index contributed by atoms with van der Waals surface area (Å²) in [6, 6.07) is 6.98. The molecule has 2 nitrogen and oxygen atoms in total. The van der Waals surface area contributed by atoms with Gasteiger partial charge in [0.05, 0.1) is 4.90 Å². The van der Waals surface area contributed by atoms with E-state index >= 15 is 0 Å². The van der Waals surface area contributed by atoms with E-state index < -0.39 is 21.5 Å². The summed E-state index contributed by atoms with van der Waals surface area (Å²) in [5.41, 5.74) is 0. The summed E-state index contributed by atoms with van der Waals surface area (Å²) in [7, 11) is -4.58. The molecule has 1 aromatic rings. The molecule has 138 valence electrons. The van der Waals surface area contributed by atoms with Crippen LogP contribution in [0.15, 0.2) is 35.2 Å². The number of hydrogen-bond acceptors (Lipinski definition) is 2. The van der Waals surface area contributed by atoms with Crippen LogP contribution >= 0.6 is 0 Å². The molecule has 24 heavy (non-hydrogen) atoms. The van der Waals surface area contributed by atoms with Crippen LogP contribution in [-0.4, -0.2) is 13.7 Å². The minimum atomic E-state index is -4.58. The molecule has 0 radical (unpaired) electrons. The Morgan fingerprint density at radius 1 is 0.792 bits per heavy atom. The number of alkyl halides is 2. The van der Waals surface area contributed by atoms with Gasteiger partial charge in [0.15, 0.2) is 0 Å². The predicted octanol–water partition coefficient (Wildman–Crippen LogP) is 6.36. The second-order valence-corrected chi connectivity index (χ2v) is 8.46. The van der Waals surface area contributed by atoms with Gasteiger partial charge in [0, 0.05) is 6.42 Å². The van der Waals surface area contributed by atoms with Gasteiger partial charge in [-0.15, -0.1) is 0 Å². The summed E-state index contributed by atoms with van der Waals surface area (Å²) in [5.74, 6) is 0. The molecule has 0 atom stereocenters. The molecule has 0 saturated carbocycles. The van der Waals surface area contributed by atoms with Gasteiger partial charge >= 0.3 is 5.25 Å². The topological polar surface area (TPSA) is 34.1 Å². The van der Waals surface area contributed by atoms with Gasteiger partial charge in [0.25, 0.3) is 0 Å². The van der Waals surface area contributed by atoms with Gasteiger partial charge in [0.2, 0.25) is 9.84 Å². The van der Waals surface area contributed by atoms with Crippen LogP contribution in [-0.2, 0) is 9.84 Å². The molecule has 1 rings (SSSR count). The number of hydrogen-bond donors (Lipinski definition) is 0. The Kier molecular flexibility index (Phi) is 9.49. The first-order chi connectivity index (χ1) is 11.4. The van der Waals surface area contributed by atoms with Crippen molar-refractivity contribution in [2.24, 2.45) is 0 Å². The predicted molar refractivity (Wildman–Crippen MR) is 95.0 cm³/mol. The van der Waals surface area contributed by atoms with Crippen molar-refractivity contribution in [2.45, 2.75) is 87.7 Å². The third-order valence-corrected chi connectivity index (χ3v) is 6.15. The van der Waals surface area contributed by atoms with E-state index in [0.717, 1.165) is 19.3 Å². The fraction of sp³-hybridized carbons (Fsp3) is 0.684. The highest BCUT2D eigenvalue weighted by Crippen LogP contribution is 2.33. The molecule has 0 aliphatic rings. The van der Waals surface area contributed by atoms with Crippen LogP contribution in [0.1, 0.15) is 77.6 Å². The van der Waals surface area contributed by atoms with Gasteiger partial charge in [-0.3, -0.25) is 0 Å². The number of rotatable bonds is 13. The van der Waals surface area contributed by atoms with Crippen molar-refractivity contribution in [3.05, 3.63) is 30.3 Å². The van der Waals surface area contributed by atoms with Crippen LogP contribution in [0.25, 0.3) is 0 Å². The minimum absolute atomic E-state index is 0.245. The summed E-state index contributed by atoms with van der Waals surface area (Å²) >= 11 is 0. The van der Waals surface area contributed by atoms with Crippen LogP contribution in [0.2, 0.25) is 0 Å². The molecule has 0 fully saturated rings. The highest BCUT2D eigenvalue weighted by atomic mass is 32.2. The van der Waals surface area contributed by atoms with Crippen LogP contribution in [0.4, 0.5) is 8.78 Å². The fourth-order valence-corrected chi connectivity index (χ4v) is 4.00. The smallest absolute Gasteiger partial charge is 0.217 e. The number of sulfone groups is 1. The minimum Gasteiger partial charge on any atom is -0.217 e. The van der Waals surface area contributed by atoms with E-state index in [9.17, 15) is 17.2 Å². The first kappa shape index (κ1) is 21.1. The van der Waals surface area contributed by atoms with Crippen molar-refractivity contribution >= 4 is 9.84 Å². The Balaban J connectivity index is 2.24. The van der Waals surface area contributed by atoms with Crippen molar-refractivity contribution in [3.63, 3.8) is 0 Å². The maximum Gasteiger partial charge on any atom is 0.350 e. The van der Waals surface area contributed by atoms with E-state index in [2.05, 4.69) is 6.92 Å². The Morgan fingerprint density at radius 3 is 1.75 bits per heavy atom. The largest absolute Gasteiger partial charge is 0.350 e. The fourth-order valence-electron chi connectivity index (χ4n) is 2.72. The molecule has 0 bridgehead atoms. The Bertz CT molecular complexity index is 542. The Hall–Kier alpha value is -0.970. The van der Waals surface area contributed by atoms with Crippen molar-refractivity contribution in [3.8, 4) is 0 Å². The van der Waals surface area contributed by atoms with Gasteiger partial charge in [-0.2, -0.15) is 8.78 Å². The molecular weight excluding hydrogens is 330 g/mol. The summed E-state index contributed by atoms with van der Waals surface area (Å²) in [6.07, 6.45) is 9.65. The lowest BCUT2D eigenvalue weighted by atomic mass is 10.1. The quantitative estimate of drug-likeness (QED) is 0.383. The van der Waals surface area contributed by atoms with Crippen LogP contribution in [0.3, 0.4) is 0 Å². The summed E-state index contributed by atoms with van der Waals surface area (Å²) in [6.45, 7) is 2.19. The lowest BCUT2D eigenvalue weighted by Gasteiger charge is -2.17. The SMILES string of the molecule is CCCCCCCCCCCCC(F)(F)S(=O)(=O)c1ccccc1. The Morgan fingerprint density at radius 2 is 1.25 bits per heavy atom. The van der Waals surface area contributed by atoms with Crippen molar-refractivity contribution < 1.29 is 17.2 Å². The average Bonchev–Trinajstić information content (AvgIpc) is 2.57. The summed E-state index contributed by atoms with van der Waals surface area (Å²) in [5, 5.41) is -3.69. The van der Waals surface area contributed by atoms with Crippen molar-refractivity contribution in [1.82, 2.24) is 0 Å². The monoisotopic (exact) mass is 360 g/mol. The van der Waals surface area contributed by atoms with Crippen LogP contribution in [0, 0.1) is 0 Å². The molecule has 0 amide bonds. The highest BCUT2D eigenvalue weighted by molar-refractivity contribution is 7.92. The summed E-state index contributed by atoms with van der Waals surface area (Å²) in [4.78, 5) is -0.304. The molecule has 0 aromatic heterocycles. The molecule has 0 aliphatic carbocycles. The van der Waals surface area contributed by atoms with Gasteiger partial charge in [-0.1, -0.05) is 82.9 Å². The van der Waals surface area contributed by atoms with E-state index in [1.165, 1.54) is 56.4 Å². The normalized spacial score (nSPS) is 12.5. The highest BCUT2D eigenvalue weighted by Gasteiger charge is 2.44. The first-order valence-corrected chi connectivity index (χ1v) is 10.6. The maximum atomic E-state index is 14.0. The molecule has 0 heterocycles. The van der Waals surface area contributed by atoms with Gasteiger partial charge in [0.1, 0.15) is 0 Å². The first-order valence-electron chi connectivity index (χ1n) is 9.09. The number of unbranched alkanes of at least 4 members (excludes halogenated alkanes) is 9. The van der Waals surface area contributed by atoms with Gasteiger partial charge in [-0.25, -0.2) is 8.42 Å². The lowest BCUT2D eigenvalue weighted by Crippen LogP contribution is -2.28. The van der Waals surface area contributed by atoms with Crippen LogP contribution in [0.5, 0.6) is 0 Å². The molecule has 1 aromatic carbocycles. The molecule has 0 spiro atoms. The zero-order chi connectivity index (χ0) is 17.9. The van der Waals surface area contributed by atoms with Crippen molar-refractivity contribution in [1.29, 1.82) is 0 Å². The molecule has 0 unspecified atom stereocenters. The van der Waals surface area contributed by atoms with E-state index in [-0.39, 0.29) is 11.3 Å². The molecule has 0 N–H and O–H groups in total. The third-order valence-electron chi connectivity index (χ3n) is 4.27. The van der Waals surface area contributed by atoms with E-state index in [1.54, 1.807) is 6.07 Å². The summed E-state index contributed by atoms with van der Waals surface area (Å²) < 4.78 is 52.1. The molecule has 0 aliphatic heterocycles. The maximum absolute atomic E-state index is 14.0. The Labute approximate surface area is 145 Å². The van der Waals surface area contributed by atoms with Crippen molar-refractivity contribution in [2.75, 3.05) is 0 Å². The molecule has 5 heteroatoms. The van der Waals surface area contributed by atoms with E-state index in [4.69, 9.17) is 0 Å². The molecular formula is C19H30F2O2S. The van der Waals surface area contributed by atoms with E-state index in [0.29, 0.717) is 6.42 Å². The van der Waals surface area contributed by atoms with Gasteiger partial charge in [-0.05, 0) is 18.6 Å². The third kappa shape index (κ3) is 6.88. The second kappa shape index (κ2) is 10.8. The zero-order valence-electron chi connectivity index (χ0n) is 14.6. The van der Waals surface area contributed by atoms with Gasteiger partial charge < -0.3 is 0 Å². The standard InChI is InChI=1S/C19H30F2O2S/c1-2-3-4-5-6-7-8-9-10-14-17-19(20,21)24(22,23)18-15-12-11-13-16-18/h11-13,15-16H,2-10,14,17H2,1H3. The lowest BCUT2D eigenvalue weighted by molar-refractivity contribution is 0.0788. The second-order valence-electron chi connectivity index (χ2n) is 6.39. The molecule has 0 saturated heterocycles. The average molecular weight is 361 g/mol.